The van der Waals surface area contributed by atoms with Crippen molar-refractivity contribution in [3.63, 3.8) is 0 Å². The maximum absolute atomic E-state index is 12.3. The van der Waals surface area contributed by atoms with E-state index in [1.165, 1.54) is 0 Å². The molecule has 0 rings (SSSR count). The summed E-state index contributed by atoms with van der Waals surface area (Å²) < 4.78 is 168. The van der Waals surface area contributed by atoms with Crippen LogP contribution in [0.3, 0.4) is 0 Å². The van der Waals surface area contributed by atoms with Gasteiger partial charge in [0.25, 0.3) is 0 Å². The van der Waals surface area contributed by atoms with E-state index in [-0.39, 0.29) is 0 Å². The fourth-order valence-electron chi connectivity index (χ4n) is 1.00. The molecule has 0 unspecified atom stereocenters. The van der Waals surface area contributed by atoms with Gasteiger partial charge in [-0.3, -0.25) is 0 Å². The smallest absolute Gasteiger partial charge is 0.220 e. The molecule has 128 valence electrons. The van der Waals surface area contributed by atoms with Crippen LogP contribution >= 0.6 is 0 Å². The van der Waals surface area contributed by atoms with Crippen molar-refractivity contribution >= 4 is 0 Å². The topological polar surface area (TPSA) is 12.0 Å². The second kappa shape index (κ2) is 4.74. The van der Waals surface area contributed by atoms with Crippen LogP contribution in [0.5, 0.6) is 0 Å². The monoisotopic (exact) mass is 353 g/mol. The van der Waals surface area contributed by atoms with Crippen molar-refractivity contribution in [2.24, 2.45) is 0 Å². The van der Waals surface area contributed by atoms with Gasteiger partial charge in [-0.15, -0.1) is 0 Å². The van der Waals surface area contributed by atoms with Crippen molar-refractivity contribution in [1.82, 2.24) is 5.32 Å². The summed E-state index contributed by atoms with van der Waals surface area (Å²) in [6.45, 7) is 0. The zero-order valence-electron chi connectivity index (χ0n) is 8.79. The highest BCUT2D eigenvalue weighted by molar-refractivity contribution is 5.09. The number of halogens is 14. The van der Waals surface area contributed by atoms with Gasteiger partial charge in [-0.2, -0.15) is 61.5 Å². The number of rotatable bonds is 2. The molecule has 0 heterocycles. The molecule has 0 atom stereocenters. The summed E-state index contributed by atoms with van der Waals surface area (Å²) >= 11 is 0. The van der Waals surface area contributed by atoms with Crippen molar-refractivity contribution in [2.45, 2.75) is 36.3 Å². The first-order valence-electron chi connectivity index (χ1n) is 4.15. The average molecular weight is 353 g/mol. The Hall–Kier alpha value is -1.02. The first-order valence-corrected chi connectivity index (χ1v) is 4.15. The largest absolute Gasteiger partial charge is 0.469 e. The lowest BCUT2D eigenvalue weighted by molar-refractivity contribution is -0.418. The molecule has 1 N–H and O–H groups in total. The van der Waals surface area contributed by atoms with E-state index >= 15 is 0 Å². The maximum Gasteiger partial charge on any atom is 0.469 e. The molecule has 0 saturated heterocycles. The molecule has 1 nitrogen and oxygen atoms in total. The van der Waals surface area contributed by atoms with Crippen LogP contribution < -0.4 is 5.32 Å². The molecule has 0 fully saturated rings. The normalized spacial score (nSPS) is 16.3. The van der Waals surface area contributed by atoms with E-state index in [1.54, 1.807) is 0 Å². The molecule has 0 saturated carbocycles. The Morgan fingerprint density at radius 3 is 0.762 bits per heavy atom. The Balaban J connectivity index is 6.35. The Morgan fingerprint density at radius 2 is 0.619 bits per heavy atom. The first kappa shape index (κ1) is 20.0. The van der Waals surface area contributed by atoms with Gasteiger partial charge in [0.15, 0.2) is 0 Å². The van der Waals surface area contributed by atoms with E-state index in [4.69, 9.17) is 0 Å². The minimum Gasteiger partial charge on any atom is -0.220 e. The Labute approximate surface area is 104 Å². The van der Waals surface area contributed by atoms with Crippen LogP contribution in [0.4, 0.5) is 61.5 Å². The van der Waals surface area contributed by atoms with Crippen molar-refractivity contribution in [1.29, 1.82) is 0 Å². The van der Waals surface area contributed by atoms with Crippen molar-refractivity contribution in [3.8, 4) is 0 Å². The summed E-state index contributed by atoms with van der Waals surface area (Å²) in [6.07, 6.45) is -29.9. The van der Waals surface area contributed by atoms with Gasteiger partial charge in [0.1, 0.15) is 0 Å². The molecule has 0 bridgehead atoms. The molecule has 0 spiro atoms. The number of hydrogen-bond acceptors (Lipinski definition) is 1. The summed E-state index contributed by atoms with van der Waals surface area (Å²) in [6, 6.07) is -7.12. The van der Waals surface area contributed by atoms with Crippen LogP contribution in [0, 0.1) is 0 Å². The predicted molar refractivity (Wildman–Crippen MR) is 35.0 cm³/mol. The van der Waals surface area contributed by atoms with E-state index in [0.717, 1.165) is 0 Å². The van der Waals surface area contributed by atoms with Crippen molar-refractivity contribution < 1.29 is 61.5 Å². The molecular formula is C6HF14N. The van der Waals surface area contributed by atoms with Crippen molar-refractivity contribution in [3.05, 3.63) is 0 Å². The van der Waals surface area contributed by atoms with Gasteiger partial charge in [0.2, 0.25) is 0 Å². The third-order valence-corrected chi connectivity index (χ3v) is 1.98. The molecule has 21 heavy (non-hydrogen) atoms. The summed E-state index contributed by atoms with van der Waals surface area (Å²) in [5.41, 5.74) is -7.47. The molecule has 0 aromatic carbocycles. The summed E-state index contributed by atoms with van der Waals surface area (Å²) in [5, 5.41) is -1.67. The molecule has 0 aliphatic heterocycles. The van der Waals surface area contributed by atoms with Crippen LogP contribution in [0.1, 0.15) is 0 Å². The van der Waals surface area contributed by atoms with Gasteiger partial charge >= 0.3 is 36.3 Å². The lowest BCUT2D eigenvalue weighted by Gasteiger charge is -2.41. The first-order chi connectivity index (χ1) is 8.71. The molecule has 0 aromatic rings. The van der Waals surface area contributed by atoms with E-state index < -0.39 is 41.6 Å². The second-order valence-electron chi connectivity index (χ2n) is 3.44. The number of hydrogen-bond donors (Lipinski definition) is 1. The fraction of sp³-hybridized carbons (Fsp3) is 1.00. The van der Waals surface area contributed by atoms with Crippen LogP contribution in [-0.2, 0) is 0 Å². The summed E-state index contributed by atoms with van der Waals surface area (Å²) in [7, 11) is 0. The van der Waals surface area contributed by atoms with Gasteiger partial charge in [-0.25, -0.2) is 5.32 Å². The van der Waals surface area contributed by atoms with Crippen LogP contribution in [-0.4, -0.2) is 36.3 Å². The SMILES string of the molecule is FC(F)(F)C(F)(F)NC(C(F)(F)F)(C(F)(F)F)C(F)(F)F. The summed E-state index contributed by atoms with van der Waals surface area (Å²) in [5.74, 6) is 0. The quantitative estimate of drug-likeness (QED) is 0.581. The van der Waals surface area contributed by atoms with Gasteiger partial charge in [-0.1, -0.05) is 0 Å². The molecule has 0 aliphatic carbocycles. The zero-order valence-corrected chi connectivity index (χ0v) is 8.79. The maximum atomic E-state index is 12.3. The van der Waals surface area contributed by atoms with Crippen LogP contribution in [0.25, 0.3) is 0 Å². The third-order valence-electron chi connectivity index (χ3n) is 1.98. The second-order valence-corrected chi connectivity index (χ2v) is 3.44. The predicted octanol–water partition coefficient (Wildman–Crippen LogP) is 4.16. The van der Waals surface area contributed by atoms with Gasteiger partial charge in [0.05, 0.1) is 0 Å². The molecular weight excluding hydrogens is 352 g/mol. The number of alkyl halides is 14. The van der Waals surface area contributed by atoms with Crippen LogP contribution in [0.2, 0.25) is 0 Å². The zero-order chi connectivity index (χ0) is 17.7. The lowest BCUT2D eigenvalue weighted by Crippen LogP contribution is -2.78. The Kier molecular flexibility index (Phi) is 4.51. The third kappa shape index (κ3) is 3.26. The highest BCUT2D eigenvalue weighted by Gasteiger charge is 2.87. The molecule has 15 heteroatoms. The highest BCUT2D eigenvalue weighted by atomic mass is 19.4. The fourth-order valence-corrected chi connectivity index (χ4v) is 1.00. The Morgan fingerprint density at radius 1 is 0.381 bits per heavy atom. The van der Waals surface area contributed by atoms with Gasteiger partial charge < -0.3 is 0 Å². The Bertz CT molecular complexity index is 329. The average Bonchev–Trinajstić information content (AvgIpc) is 2.05. The van der Waals surface area contributed by atoms with E-state index in [0.29, 0.717) is 0 Å². The summed E-state index contributed by atoms with van der Waals surface area (Å²) in [4.78, 5) is 0. The van der Waals surface area contributed by atoms with Crippen molar-refractivity contribution in [2.75, 3.05) is 0 Å². The molecule has 0 aliphatic rings. The molecule has 0 aromatic heterocycles. The van der Waals surface area contributed by atoms with E-state index in [9.17, 15) is 61.5 Å². The van der Waals surface area contributed by atoms with Crippen LogP contribution in [0.15, 0.2) is 0 Å². The molecule has 0 amide bonds. The van der Waals surface area contributed by atoms with E-state index in [2.05, 4.69) is 0 Å². The standard InChI is InChI=1S/C6HF14N/c7-2(8,9)1(3(10,11)12,4(13,14)15)21-6(19,20)5(16,17)18/h21H. The highest BCUT2D eigenvalue weighted by Crippen LogP contribution is 2.54. The lowest BCUT2D eigenvalue weighted by atomic mass is 9.96. The minimum atomic E-state index is -7.59. The number of nitrogens with one attached hydrogen (secondary N) is 1. The minimum absolute atomic E-state index is 1.67. The molecule has 0 radical (unpaired) electrons. The van der Waals surface area contributed by atoms with Gasteiger partial charge in [0, 0.05) is 0 Å². The van der Waals surface area contributed by atoms with Gasteiger partial charge in [-0.05, 0) is 0 Å². The van der Waals surface area contributed by atoms with E-state index in [1.807, 2.05) is 0 Å².